The zero-order valence-electron chi connectivity index (χ0n) is 9.84. The second kappa shape index (κ2) is 5.59. The lowest BCUT2D eigenvalue weighted by Gasteiger charge is -2.05. The first kappa shape index (κ1) is 13.2. The summed E-state index contributed by atoms with van der Waals surface area (Å²) in [6, 6.07) is 9.13. The molecule has 0 saturated carbocycles. The summed E-state index contributed by atoms with van der Waals surface area (Å²) in [6.45, 7) is 0. The third kappa shape index (κ3) is 3.14. The van der Waals surface area contributed by atoms with Gasteiger partial charge in [-0.2, -0.15) is 5.26 Å². The zero-order chi connectivity index (χ0) is 13.8. The molecule has 2 rings (SSSR count). The normalized spacial score (nSPS) is 11.8. The number of halogens is 1. The summed E-state index contributed by atoms with van der Waals surface area (Å²) in [4.78, 5) is 3.92. The average molecular weight is 275 g/mol. The first-order chi connectivity index (χ1) is 9.10. The molecule has 0 amide bonds. The summed E-state index contributed by atoms with van der Waals surface area (Å²) >= 11 is 0. The van der Waals surface area contributed by atoms with Gasteiger partial charge in [-0.1, -0.05) is 0 Å². The molecule has 0 bridgehead atoms. The number of nitrogen functional groups attached to an aromatic ring is 1. The molecule has 1 aromatic carbocycles. The lowest BCUT2D eigenvalue weighted by molar-refractivity contribution is 0.596. The van der Waals surface area contributed by atoms with Crippen molar-refractivity contribution < 1.29 is 8.60 Å². The third-order valence-corrected chi connectivity index (χ3v) is 3.86. The minimum Gasteiger partial charge on any atom is -0.399 e. The van der Waals surface area contributed by atoms with E-state index in [1.807, 2.05) is 6.07 Å². The van der Waals surface area contributed by atoms with Crippen LogP contribution in [0, 0.1) is 17.1 Å². The van der Waals surface area contributed by atoms with Crippen LogP contribution in [0.2, 0.25) is 0 Å². The van der Waals surface area contributed by atoms with Crippen LogP contribution >= 0.6 is 0 Å². The van der Waals surface area contributed by atoms with E-state index in [4.69, 9.17) is 11.0 Å². The fraction of sp³-hybridized carbons (Fsp3) is 0.0769. The van der Waals surface area contributed by atoms with Crippen LogP contribution in [-0.4, -0.2) is 9.19 Å². The number of hydrogen-bond donors (Lipinski definition) is 1. The second-order valence-corrected chi connectivity index (χ2v) is 5.26. The zero-order valence-corrected chi connectivity index (χ0v) is 10.7. The van der Waals surface area contributed by atoms with E-state index in [0.717, 1.165) is 6.07 Å². The molecular formula is C13H10FN3OS. The van der Waals surface area contributed by atoms with Crippen LogP contribution in [0.3, 0.4) is 0 Å². The van der Waals surface area contributed by atoms with Gasteiger partial charge in [-0.05, 0) is 35.9 Å². The Kier molecular flexibility index (Phi) is 3.88. The SMILES string of the molecule is N#Cc1cc(CS(=O)c2ccc(N)cc2F)ccn1. The van der Waals surface area contributed by atoms with Crippen molar-refractivity contribution in [2.45, 2.75) is 10.6 Å². The fourth-order valence-electron chi connectivity index (χ4n) is 1.56. The van der Waals surface area contributed by atoms with Crippen molar-refractivity contribution in [1.82, 2.24) is 4.98 Å². The molecule has 0 saturated heterocycles. The molecule has 19 heavy (non-hydrogen) atoms. The summed E-state index contributed by atoms with van der Waals surface area (Å²) in [5, 5.41) is 8.73. The molecule has 2 N–H and O–H groups in total. The van der Waals surface area contributed by atoms with Crippen LogP contribution in [-0.2, 0) is 16.6 Å². The minimum absolute atomic E-state index is 0.101. The van der Waals surface area contributed by atoms with E-state index in [2.05, 4.69) is 4.98 Å². The number of rotatable bonds is 3. The molecule has 96 valence electrons. The molecule has 2 aromatic rings. The molecule has 4 nitrogen and oxygen atoms in total. The minimum atomic E-state index is -1.53. The van der Waals surface area contributed by atoms with E-state index in [1.165, 1.54) is 24.4 Å². The Bertz CT molecular complexity index is 682. The van der Waals surface area contributed by atoms with Gasteiger partial charge in [-0.15, -0.1) is 0 Å². The Morgan fingerprint density at radius 2 is 2.16 bits per heavy atom. The topological polar surface area (TPSA) is 79.8 Å². The van der Waals surface area contributed by atoms with Gasteiger partial charge in [0.2, 0.25) is 0 Å². The van der Waals surface area contributed by atoms with Gasteiger partial charge in [0, 0.05) is 11.9 Å². The van der Waals surface area contributed by atoms with Crippen molar-refractivity contribution in [2.24, 2.45) is 0 Å². The average Bonchev–Trinajstić information content (AvgIpc) is 2.38. The number of hydrogen-bond acceptors (Lipinski definition) is 4. The summed E-state index contributed by atoms with van der Waals surface area (Å²) < 4.78 is 25.7. The van der Waals surface area contributed by atoms with Gasteiger partial charge in [-0.3, -0.25) is 4.21 Å². The summed E-state index contributed by atoms with van der Waals surface area (Å²) in [5.74, 6) is -0.467. The maximum absolute atomic E-state index is 13.6. The van der Waals surface area contributed by atoms with Gasteiger partial charge >= 0.3 is 0 Å². The van der Waals surface area contributed by atoms with E-state index < -0.39 is 16.6 Å². The standard InChI is InChI=1S/C13H10FN3OS/c14-12-6-10(16)1-2-13(12)19(18)8-9-3-4-17-11(5-9)7-15/h1-6H,8,16H2. The monoisotopic (exact) mass is 275 g/mol. The molecule has 0 aliphatic heterocycles. The number of nitriles is 1. The van der Waals surface area contributed by atoms with E-state index in [9.17, 15) is 8.60 Å². The lowest BCUT2D eigenvalue weighted by atomic mass is 10.2. The van der Waals surface area contributed by atoms with E-state index in [1.54, 1.807) is 6.07 Å². The maximum Gasteiger partial charge on any atom is 0.141 e. The number of pyridine rings is 1. The van der Waals surface area contributed by atoms with Gasteiger partial charge in [0.1, 0.15) is 17.6 Å². The first-order valence-corrected chi connectivity index (χ1v) is 6.70. The summed E-state index contributed by atoms with van der Waals surface area (Å²) in [6.07, 6.45) is 1.46. The Balaban J connectivity index is 2.23. The Morgan fingerprint density at radius 3 is 2.84 bits per heavy atom. The molecule has 1 atom stereocenters. The highest BCUT2D eigenvalue weighted by atomic mass is 32.2. The van der Waals surface area contributed by atoms with E-state index >= 15 is 0 Å². The van der Waals surface area contributed by atoms with Crippen molar-refractivity contribution >= 4 is 16.5 Å². The molecule has 1 unspecified atom stereocenters. The summed E-state index contributed by atoms with van der Waals surface area (Å²) in [7, 11) is -1.53. The molecule has 0 fully saturated rings. The highest BCUT2D eigenvalue weighted by Gasteiger charge is 2.11. The van der Waals surface area contributed by atoms with Crippen molar-refractivity contribution in [3.05, 3.63) is 53.6 Å². The van der Waals surface area contributed by atoms with Crippen LogP contribution in [0.25, 0.3) is 0 Å². The molecule has 1 heterocycles. The van der Waals surface area contributed by atoms with Gasteiger partial charge < -0.3 is 5.73 Å². The molecule has 6 heteroatoms. The van der Waals surface area contributed by atoms with E-state index in [-0.39, 0.29) is 22.0 Å². The van der Waals surface area contributed by atoms with Crippen LogP contribution in [0.4, 0.5) is 10.1 Å². The van der Waals surface area contributed by atoms with Crippen LogP contribution in [0.15, 0.2) is 41.4 Å². The highest BCUT2D eigenvalue weighted by Crippen LogP contribution is 2.18. The van der Waals surface area contributed by atoms with Gasteiger partial charge in [0.25, 0.3) is 0 Å². The van der Waals surface area contributed by atoms with Crippen molar-refractivity contribution in [1.29, 1.82) is 5.26 Å². The van der Waals surface area contributed by atoms with E-state index in [0.29, 0.717) is 5.56 Å². The molecular weight excluding hydrogens is 265 g/mol. The quantitative estimate of drug-likeness (QED) is 0.869. The Morgan fingerprint density at radius 1 is 1.37 bits per heavy atom. The van der Waals surface area contributed by atoms with Gasteiger partial charge in [-0.25, -0.2) is 9.37 Å². The number of nitrogens with zero attached hydrogens (tertiary/aromatic N) is 2. The predicted octanol–water partition coefficient (Wildman–Crippen LogP) is 1.98. The number of aromatic nitrogens is 1. The van der Waals surface area contributed by atoms with Crippen molar-refractivity contribution in [3.8, 4) is 6.07 Å². The molecule has 0 aliphatic carbocycles. The Hall–Kier alpha value is -2.26. The van der Waals surface area contributed by atoms with Crippen molar-refractivity contribution in [3.63, 3.8) is 0 Å². The maximum atomic E-state index is 13.6. The van der Waals surface area contributed by atoms with Crippen LogP contribution < -0.4 is 5.73 Å². The molecule has 0 spiro atoms. The smallest absolute Gasteiger partial charge is 0.141 e. The van der Waals surface area contributed by atoms with Gasteiger partial charge in [0.05, 0.1) is 21.4 Å². The summed E-state index contributed by atoms with van der Waals surface area (Å²) in [5.41, 5.74) is 6.63. The first-order valence-electron chi connectivity index (χ1n) is 5.38. The largest absolute Gasteiger partial charge is 0.399 e. The second-order valence-electron chi connectivity index (χ2n) is 3.84. The number of nitrogens with two attached hydrogens (primary N) is 1. The molecule has 1 aromatic heterocycles. The molecule has 0 aliphatic rings. The van der Waals surface area contributed by atoms with Gasteiger partial charge in [0.15, 0.2) is 0 Å². The lowest BCUT2D eigenvalue weighted by Crippen LogP contribution is -2.01. The molecule has 0 radical (unpaired) electrons. The van der Waals surface area contributed by atoms with Crippen LogP contribution in [0.5, 0.6) is 0 Å². The van der Waals surface area contributed by atoms with Crippen LogP contribution in [0.1, 0.15) is 11.3 Å². The fourth-order valence-corrected chi connectivity index (χ4v) is 2.69. The third-order valence-electron chi connectivity index (χ3n) is 2.44. The number of anilines is 1. The highest BCUT2D eigenvalue weighted by molar-refractivity contribution is 7.84. The van der Waals surface area contributed by atoms with Crippen molar-refractivity contribution in [2.75, 3.05) is 5.73 Å². The number of benzene rings is 1. The Labute approximate surface area is 112 Å². The predicted molar refractivity (Wildman–Crippen MR) is 69.9 cm³/mol.